The summed E-state index contributed by atoms with van der Waals surface area (Å²) in [6, 6.07) is 6.54. The summed E-state index contributed by atoms with van der Waals surface area (Å²) in [5, 5.41) is 6.10. The number of aryl methyl sites for hydroxylation is 1. The van der Waals surface area contributed by atoms with Crippen LogP contribution in [0.5, 0.6) is 0 Å². The first kappa shape index (κ1) is 14.5. The van der Waals surface area contributed by atoms with Gasteiger partial charge in [0.1, 0.15) is 5.82 Å². The molecule has 0 aliphatic carbocycles. The fourth-order valence-corrected chi connectivity index (χ4v) is 1.86. The van der Waals surface area contributed by atoms with Crippen LogP contribution in [0.3, 0.4) is 0 Å². The van der Waals surface area contributed by atoms with Gasteiger partial charge >= 0.3 is 0 Å². The van der Waals surface area contributed by atoms with Crippen LogP contribution in [0.1, 0.15) is 19.0 Å². The van der Waals surface area contributed by atoms with E-state index in [1.165, 1.54) is 6.07 Å². The number of rotatable bonds is 5. The van der Waals surface area contributed by atoms with Gasteiger partial charge in [-0.05, 0) is 25.5 Å². The maximum atomic E-state index is 13.8. The normalized spacial score (nSPS) is 10.4. The Labute approximate surface area is 122 Å². The van der Waals surface area contributed by atoms with Crippen molar-refractivity contribution in [1.82, 2.24) is 9.97 Å². The van der Waals surface area contributed by atoms with E-state index < -0.39 is 5.82 Å². The SMILES string of the molecule is CCCNc1nc(C)cc(Nc2cccc(Cl)c2F)n1. The second kappa shape index (κ2) is 6.52. The molecule has 2 aromatic rings. The van der Waals surface area contributed by atoms with Gasteiger partial charge in [0.2, 0.25) is 5.95 Å². The average Bonchev–Trinajstić information content (AvgIpc) is 2.41. The third-order valence-corrected chi connectivity index (χ3v) is 2.89. The van der Waals surface area contributed by atoms with Crippen LogP contribution < -0.4 is 10.6 Å². The standard InChI is InChI=1S/C14H16ClFN4/c1-3-7-17-14-18-9(2)8-12(20-14)19-11-6-4-5-10(15)13(11)16/h4-6,8H,3,7H2,1-2H3,(H2,17,18,19,20). The zero-order chi connectivity index (χ0) is 14.5. The Hall–Kier alpha value is -1.88. The smallest absolute Gasteiger partial charge is 0.224 e. The number of halogens is 2. The van der Waals surface area contributed by atoms with Crippen molar-refractivity contribution >= 4 is 29.1 Å². The molecule has 0 amide bonds. The van der Waals surface area contributed by atoms with E-state index in [1.54, 1.807) is 18.2 Å². The Bertz CT molecular complexity index is 604. The summed E-state index contributed by atoms with van der Waals surface area (Å²) in [6.07, 6.45) is 0.975. The summed E-state index contributed by atoms with van der Waals surface area (Å²) < 4.78 is 13.8. The predicted molar refractivity (Wildman–Crippen MR) is 80.2 cm³/mol. The lowest BCUT2D eigenvalue weighted by Gasteiger charge is -2.10. The molecule has 0 bridgehead atoms. The summed E-state index contributed by atoms with van der Waals surface area (Å²) >= 11 is 5.75. The second-order valence-electron chi connectivity index (χ2n) is 4.37. The third kappa shape index (κ3) is 3.57. The Balaban J connectivity index is 2.24. The molecular weight excluding hydrogens is 279 g/mol. The van der Waals surface area contributed by atoms with Crippen LogP contribution in [0.4, 0.5) is 21.8 Å². The Morgan fingerprint density at radius 3 is 2.85 bits per heavy atom. The van der Waals surface area contributed by atoms with Crippen LogP contribution >= 0.6 is 11.6 Å². The molecule has 0 radical (unpaired) electrons. The van der Waals surface area contributed by atoms with Crippen LogP contribution in [-0.2, 0) is 0 Å². The van der Waals surface area contributed by atoms with E-state index in [0.717, 1.165) is 18.7 Å². The van der Waals surface area contributed by atoms with Crippen molar-refractivity contribution in [3.8, 4) is 0 Å². The van der Waals surface area contributed by atoms with Gasteiger partial charge in [-0.25, -0.2) is 9.37 Å². The Morgan fingerprint density at radius 2 is 2.10 bits per heavy atom. The molecule has 0 atom stereocenters. The molecule has 0 saturated heterocycles. The first-order chi connectivity index (χ1) is 9.60. The van der Waals surface area contributed by atoms with Crippen molar-refractivity contribution in [3.63, 3.8) is 0 Å². The highest BCUT2D eigenvalue weighted by Gasteiger charge is 2.08. The molecule has 20 heavy (non-hydrogen) atoms. The van der Waals surface area contributed by atoms with Gasteiger partial charge in [-0.1, -0.05) is 24.6 Å². The van der Waals surface area contributed by atoms with Gasteiger partial charge in [-0.15, -0.1) is 0 Å². The molecule has 0 saturated carbocycles. The highest BCUT2D eigenvalue weighted by atomic mass is 35.5. The fraction of sp³-hybridized carbons (Fsp3) is 0.286. The van der Waals surface area contributed by atoms with Gasteiger partial charge in [0.15, 0.2) is 5.82 Å². The lowest BCUT2D eigenvalue weighted by molar-refractivity contribution is 0.632. The predicted octanol–water partition coefficient (Wildman–Crippen LogP) is 4.14. The molecular formula is C14H16ClFN4. The molecule has 1 aromatic carbocycles. The van der Waals surface area contributed by atoms with E-state index in [0.29, 0.717) is 11.8 Å². The van der Waals surface area contributed by atoms with E-state index in [4.69, 9.17) is 11.6 Å². The number of hydrogen-bond donors (Lipinski definition) is 2. The van der Waals surface area contributed by atoms with Crippen LogP contribution in [0.15, 0.2) is 24.3 Å². The van der Waals surface area contributed by atoms with Gasteiger partial charge in [0.25, 0.3) is 0 Å². The van der Waals surface area contributed by atoms with Crippen LogP contribution in [-0.4, -0.2) is 16.5 Å². The zero-order valence-corrected chi connectivity index (χ0v) is 12.1. The minimum Gasteiger partial charge on any atom is -0.354 e. The summed E-state index contributed by atoms with van der Waals surface area (Å²) in [4.78, 5) is 8.56. The number of nitrogens with zero attached hydrogens (tertiary/aromatic N) is 2. The number of aromatic nitrogens is 2. The van der Waals surface area contributed by atoms with Gasteiger partial charge in [0, 0.05) is 18.3 Å². The molecule has 0 spiro atoms. The quantitative estimate of drug-likeness (QED) is 0.870. The lowest BCUT2D eigenvalue weighted by atomic mass is 10.3. The molecule has 106 valence electrons. The molecule has 1 aromatic heterocycles. The van der Waals surface area contributed by atoms with Gasteiger partial charge in [-0.3, -0.25) is 0 Å². The highest BCUT2D eigenvalue weighted by molar-refractivity contribution is 6.31. The number of hydrogen-bond acceptors (Lipinski definition) is 4. The van der Waals surface area contributed by atoms with E-state index in [-0.39, 0.29) is 10.7 Å². The molecule has 0 fully saturated rings. The molecule has 4 nitrogen and oxygen atoms in total. The number of nitrogens with one attached hydrogen (secondary N) is 2. The van der Waals surface area contributed by atoms with Crippen LogP contribution in [0, 0.1) is 12.7 Å². The third-order valence-electron chi connectivity index (χ3n) is 2.60. The molecule has 0 aliphatic rings. The molecule has 0 aliphatic heterocycles. The molecule has 0 unspecified atom stereocenters. The molecule has 2 N–H and O–H groups in total. The lowest BCUT2D eigenvalue weighted by Crippen LogP contribution is -2.07. The van der Waals surface area contributed by atoms with Crippen molar-refractivity contribution in [3.05, 3.63) is 40.8 Å². The average molecular weight is 295 g/mol. The monoisotopic (exact) mass is 294 g/mol. The van der Waals surface area contributed by atoms with Crippen LogP contribution in [0.2, 0.25) is 5.02 Å². The molecule has 2 rings (SSSR count). The minimum absolute atomic E-state index is 0.0742. The fourth-order valence-electron chi connectivity index (χ4n) is 1.69. The topological polar surface area (TPSA) is 49.8 Å². The van der Waals surface area contributed by atoms with Crippen LogP contribution in [0.25, 0.3) is 0 Å². The molecule has 6 heteroatoms. The van der Waals surface area contributed by atoms with Gasteiger partial charge in [-0.2, -0.15) is 4.98 Å². The van der Waals surface area contributed by atoms with Crippen molar-refractivity contribution < 1.29 is 4.39 Å². The van der Waals surface area contributed by atoms with E-state index >= 15 is 0 Å². The molecule has 1 heterocycles. The zero-order valence-electron chi connectivity index (χ0n) is 11.4. The van der Waals surface area contributed by atoms with Crippen molar-refractivity contribution in [2.75, 3.05) is 17.2 Å². The number of anilines is 3. The maximum Gasteiger partial charge on any atom is 0.224 e. The van der Waals surface area contributed by atoms with Gasteiger partial charge < -0.3 is 10.6 Å². The minimum atomic E-state index is -0.492. The second-order valence-corrected chi connectivity index (χ2v) is 4.78. The Morgan fingerprint density at radius 1 is 1.30 bits per heavy atom. The van der Waals surface area contributed by atoms with Crippen molar-refractivity contribution in [1.29, 1.82) is 0 Å². The summed E-state index contributed by atoms with van der Waals surface area (Å²) in [5.41, 5.74) is 1.08. The van der Waals surface area contributed by atoms with Gasteiger partial charge in [0.05, 0.1) is 10.7 Å². The Kier molecular flexibility index (Phi) is 4.74. The van der Waals surface area contributed by atoms with E-state index in [9.17, 15) is 4.39 Å². The first-order valence-corrected chi connectivity index (χ1v) is 6.78. The largest absolute Gasteiger partial charge is 0.354 e. The van der Waals surface area contributed by atoms with E-state index in [2.05, 4.69) is 27.5 Å². The van der Waals surface area contributed by atoms with Crippen molar-refractivity contribution in [2.24, 2.45) is 0 Å². The first-order valence-electron chi connectivity index (χ1n) is 6.40. The summed E-state index contributed by atoms with van der Waals surface area (Å²) in [7, 11) is 0. The number of benzene rings is 1. The summed E-state index contributed by atoms with van der Waals surface area (Å²) in [6.45, 7) is 4.70. The van der Waals surface area contributed by atoms with Crippen molar-refractivity contribution in [2.45, 2.75) is 20.3 Å². The summed E-state index contributed by atoms with van der Waals surface area (Å²) in [5.74, 6) is 0.558. The van der Waals surface area contributed by atoms with E-state index in [1.807, 2.05) is 6.92 Å². The highest BCUT2D eigenvalue weighted by Crippen LogP contribution is 2.25. The maximum absolute atomic E-state index is 13.8.